The molecule has 154 valence electrons. The molecule has 1 N–H and O–H groups in total. The highest BCUT2D eigenvalue weighted by Crippen LogP contribution is 2.12. The van der Waals surface area contributed by atoms with Crippen molar-refractivity contribution in [1.82, 2.24) is 15.5 Å². The average molecular weight is 391 g/mol. The number of methoxy groups -OCH3 is 1. The maximum absolute atomic E-state index is 12.1. The molecule has 1 unspecified atom stereocenters. The lowest BCUT2D eigenvalue weighted by atomic mass is 10.1. The zero-order chi connectivity index (χ0) is 20.2. The average Bonchev–Trinajstić information content (AvgIpc) is 3.19. The van der Waals surface area contributed by atoms with E-state index in [-0.39, 0.29) is 18.4 Å². The Morgan fingerprint density at radius 1 is 1.25 bits per heavy atom. The molecule has 8 nitrogen and oxygen atoms in total. The van der Waals surface area contributed by atoms with Gasteiger partial charge in [-0.1, -0.05) is 29.4 Å². The minimum Gasteiger partial charge on any atom is -0.379 e. The lowest BCUT2D eigenvalue weighted by Gasteiger charge is -2.08. The van der Waals surface area contributed by atoms with E-state index in [1.807, 2.05) is 38.1 Å². The van der Waals surface area contributed by atoms with Crippen molar-refractivity contribution < 1.29 is 23.5 Å². The monoisotopic (exact) mass is 391 g/mol. The number of amides is 1. The molecule has 0 bridgehead atoms. The quantitative estimate of drug-likeness (QED) is 0.524. The second-order valence-corrected chi connectivity index (χ2v) is 6.27. The van der Waals surface area contributed by atoms with E-state index in [1.165, 1.54) is 0 Å². The second-order valence-electron chi connectivity index (χ2n) is 6.27. The van der Waals surface area contributed by atoms with Gasteiger partial charge in [0, 0.05) is 33.1 Å². The third-order valence-electron chi connectivity index (χ3n) is 4.09. The van der Waals surface area contributed by atoms with Crippen LogP contribution in [0.5, 0.6) is 0 Å². The van der Waals surface area contributed by atoms with Gasteiger partial charge in [-0.15, -0.1) is 0 Å². The zero-order valence-corrected chi connectivity index (χ0v) is 16.8. The van der Waals surface area contributed by atoms with Crippen molar-refractivity contribution in [3.05, 3.63) is 47.1 Å². The van der Waals surface area contributed by atoms with E-state index in [9.17, 15) is 4.79 Å². The number of carbonyl (C=O) groups excluding carboxylic acids is 1. The van der Waals surface area contributed by atoms with Crippen molar-refractivity contribution in [3.8, 4) is 0 Å². The first-order valence-corrected chi connectivity index (χ1v) is 9.47. The molecule has 2 aromatic rings. The fourth-order valence-corrected chi connectivity index (χ4v) is 2.43. The normalized spacial score (nSPS) is 12.1. The highest BCUT2D eigenvalue weighted by molar-refractivity contribution is 5.76. The van der Waals surface area contributed by atoms with E-state index in [0.29, 0.717) is 51.1 Å². The van der Waals surface area contributed by atoms with Crippen LogP contribution in [0.15, 0.2) is 28.8 Å². The van der Waals surface area contributed by atoms with E-state index in [1.54, 1.807) is 7.11 Å². The molecule has 1 amide bonds. The molecule has 1 heterocycles. The number of hydrogen-bond donors (Lipinski definition) is 1. The van der Waals surface area contributed by atoms with Crippen LogP contribution in [0, 0.1) is 0 Å². The molecule has 1 aromatic heterocycles. The predicted molar refractivity (Wildman–Crippen MR) is 102 cm³/mol. The molecule has 0 fully saturated rings. The molecule has 1 aromatic carbocycles. The Hall–Kier alpha value is -2.29. The van der Waals surface area contributed by atoms with Gasteiger partial charge in [0.1, 0.15) is 6.10 Å². The summed E-state index contributed by atoms with van der Waals surface area (Å²) in [5.74, 6) is 0.844. The first-order valence-electron chi connectivity index (χ1n) is 9.47. The molecular formula is C20H29N3O5. The van der Waals surface area contributed by atoms with Crippen LogP contribution in [0.2, 0.25) is 0 Å². The number of hydrogen-bond acceptors (Lipinski definition) is 7. The van der Waals surface area contributed by atoms with E-state index >= 15 is 0 Å². The van der Waals surface area contributed by atoms with Gasteiger partial charge >= 0.3 is 0 Å². The SMILES string of the molecule is CCOCCOCc1cccc(CNC(=O)CCc2nc(C(C)OC)no2)c1. The third kappa shape index (κ3) is 7.75. The van der Waals surface area contributed by atoms with Crippen LogP contribution >= 0.6 is 0 Å². The summed E-state index contributed by atoms with van der Waals surface area (Å²) >= 11 is 0. The number of aromatic nitrogens is 2. The summed E-state index contributed by atoms with van der Waals surface area (Å²) in [5.41, 5.74) is 2.09. The minimum atomic E-state index is -0.234. The molecule has 0 spiro atoms. The Kier molecular flexibility index (Phi) is 9.61. The lowest BCUT2D eigenvalue weighted by Crippen LogP contribution is -2.23. The van der Waals surface area contributed by atoms with Gasteiger partial charge in [0.2, 0.25) is 11.8 Å². The standard InChI is InChI=1S/C20H29N3O5/c1-4-26-10-11-27-14-17-7-5-6-16(12-17)13-21-18(24)8-9-19-22-20(23-28-19)15(2)25-3/h5-7,12,15H,4,8-11,13-14H2,1-3H3,(H,21,24). The van der Waals surface area contributed by atoms with E-state index in [2.05, 4.69) is 15.5 Å². The van der Waals surface area contributed by atoms with Crippen LogP contribution in [0.4, 0.5) is 0 Å². The van der Waals surface area contributed by atoms with E-state index in [0.717, 1.165) is 11.1 Å². The molecule has 0 aliphatic heterocycles. The molecule has 0 radical (unpaired) electrons. The molecule has 0 saturated heterocycles. The maximum atomic E-state index is 12.1. The number of nitrogens with one attached hydrogen (secondary N) is 1. The molecule has 0 saturated carbocycles. The molecule has 0 aliphatic rings. The summed E-state index contributed by atoms with van der Waals surface area (Å²) in [6, 6.07) is 7.96. The Bertz CT molecular complexity index is 719. The van der Waals surface area contributed by atoms with Crippen LogP contribution < -0.4 is 5.32 Å². The summed E-state index contributed by atoms with van der Waals surface area (Å²) in [5, 5.41) is 6.75. The van der Waals surface area contributed by atoms with Crippen LogP contribution in [-0.2, 0) is 38.6 Å². The van der Waals surface area contributed by atoms with Crippen LogP contribution in [-0.4, -0.2) is 43.0 Å². The highest BCUT2D eigenvalue weighted by atomic mass is 16.5. The fraction of sp³-hybridized carbons (Fsp3) is 0.550. The maximum Gasteiger partial charge on any atom is 0.227 e. The molecule has 28 heavy (non-hydrogen) atoms. The van der Waals surface area contributed by atoms with Crippen molar-refractivity contribution in [2.45, 2.75) is 45.9 Å². The molecule has 1 atom stereocenters. The summed E-state index contributed by atoms with van der Waals surface area (Å²) < 4.78 is 21.1. The first kappa shape index (κ1) is 22.0. The van der Waals surface area contributed by atoms with Crippen LogP contribution in [0.25, 0.3) is 0 Å². The zero-order valence-electron chi connectivity index (χ0n) is 16.8. The van der Waals surface area contributed by atoms with Crippen molar-refractivity contribution in [2.75, 3.05) is 26.9 Å². The minimum absolute atomic E-state index is 0.0714. The number of benzene rings is 1. The van der Waals surface area contributed by atoms with Crippen LogP contribution in [0.1, 0.15) is 49.2 Å². The van der Waals surface area contributed by atoms with Gasteiger partial charge in [-0.25, -0.2) is 0 Å². The molecule has 0 aliphatic carbocycles. The first-order chi connectivity index (χ1) is 13.6. The predicted octanol–water partition coefficient (Wildman–Crippen LogP) is 2.58. The van der Waals surface area contributed by atoms with Crippen molar-refractivity contribution in [1.29, 1.82) is 0 Å². The Morgan fingerprint density at radius 2 is 2.04 bits per heavy atom. The summed E-state index contributed by atoms with van der Waals surface area (Å²) in [7, 11) is 1.58. The summed E-state index contributed by atoms with van der Waals surface area (Å²) in [6.07, 6.45) is 0.438. The van der Waals surface area contributed by atoms with Gasteiger partial charge in [0.15, 0.2) is 5.82 Å². The Labute approximate surface area is 165 Å². The van der Waals surface area contributed by atoms with E-state index < -0.39 is 0 Å². The Morgan fingerprint density at radius 3 is 2.82 bits per heavy atom. The number of carbonyl (C=O) groups is 1. The molecular weight excluding hydrogens is 362 g/mol. The number of ether oxygens (including phenoxy) is 3. The van der Waals surface area contributed by atoms with Gasteiger partial charge in [0.05, 0.1) is 19.8 Å². The summed E-state index contributed by atoms with van der Waals surface area (Å²) in [6.45, 7) is 6.63. The fourth-order valence-electron chi connectivity index (χ4n) is 2.43. The summed E-state index contributed by atoms with van der Waals surface area (Å²) in [4.78, 5) is 16.3. The van der Waals surface area contributed by atoms with Gasteiger partial charge in [-0.2, -0.15) is 4.98 Å². The second kappa shape index (κ2) is 12.2. The Balaban J connectivity index is 1.70. The topological polar surface area (TPSA) is 95.7 Å². The largest absolute Gasteiger partial charge is 0.379 e. The number of aryl methyl sites for hydroxylation is 1. The van der Waals surface area contributed by atoms with Crippen LogP contribution in [0.3, 0.4) is 0 Å². The van der Waals surface area contributed by atoms with E-state index in [4.69, 9.17) is 18.7 Å². The lowest BCUT2D eigenvalue weighted by molar-refractivity contribution is -0.121. The third-order valence-corrected chi connectivity index (χ3v) is 4.09. The van der Waals surface area contributed by atoms with Crippen molar-refractivity contribution >= 4 is 5.91 Å². The van der Waals surface area contributed by atoms with Gasteiger partial charge in [-0.05, 0) is 25.0 Å². The highest BCUT2D eigenvalue weighted by Gasteiger charge is 2.13. The van der Waals surface area contributed by atoms with Gasteiger partial charge < -0.3 is 24.1 Å². The van der Waals surface area contributed by atoms with Crippen molar-refractivity contribution in [3.63, 3.8) is 0 Å². The molecule has 8 heteroatoms. The number of nitrogens with zero attached hydrogens (tertiary/aromatic N) is 2. The number of rotatable bonds is 13. The van der Waals surface area contributed by atoms with Crippen molar-refractivity contribution in [2.24, 2.45) is 0 Å². The van der Waals surface area contributed by atoms with Gasteiger partial charge in [-0.3, -0.25) is 4.79 Å². The molecule has 2 rings (SSSR count). The smallest absolute Gasteiger partial charge is 0.227 e. The van der Waals surface area contributed by atoms with Gasteiger partial charge in [0.25, 0.3) is 0 Å².